The standard InChI is InChI=1S/C12H19NO4/c14-11(8-9-4-3-7-17-9)13-6-2-1-5-10(13)12(15)16/h9-10H,1-8H2,(H,15,16)/t9?,10-/m1/s1. The van der Waals surface area contributed by atoms with Gasteiger partial charge in [-0.1, -0.05) is 0 Å². The number of ether oxygens (including phenoxy) is 1. The second kappa shape index (κ2) is 5.49. The molecule has 0 aliphatic carbocycles. The fraction of sp³-hybridized carbons (Fsp3) is 0.833. The molecule has 0 aromatic rings. The summed E-state index contributed by atoms with van der Waals surface area (Å²) in [4.78, 5) is 24.7. The number of hydrogen-bond donors (Lipinski definition) is 1. The normalized spacial score (nSPS) is 29.3. The molecule has 2 fully saturated rings. The molecular weight excluding hydrogens is 222 g/mol. The van der Waals surface area contributed by atoms with Crippen molar-refractivity contribution in [2.24, 2.45) is 0 Å². The Labute approximate surface area is 101 Å². The van der Waals surface area contributed by atoms with E-state index in [4.69, 9.17) is 9.84 Å². The first kappa shape index (κ1) is 12.4. The number of rotatable bonds is 3. The van der Waals surface area contributed by atoms with E-state index in [1.54, 1.807) is 0 Å². The molecule has 2 saturated heterocycles. The van der Waals surface area contributed by atoms with Crippen molar-refractivity contribution in [3.63, 3.8) is 0 Å². The monoisotopic (exact) mass is 241 g/mol. The fourth-order valence-corrected chi connectivity index (χ4v) is 2.60. The third-order valence-corrected chi connectivity index (χ3v) is 3.53. The molecule has 0 saturated carbocycles. The Morgan fingerprint density at radius 2 is 2.06 bits per heavy atom. The maximum atomic E-state index is 12.1. The predicted octanol–water partition coefficient (Wildman–Crippen LogP) is 1.02. The number of aliphatic carboxylic acids is 1. The molecule has 0 radical (unpaired) electrons. The third kappa shape index (κ3) is 2.97. The minimum absolute atomic E-state index is 0.00104. The fourth-order valence-electron chi connectivity index (χ4n) is 2.60. The molecule has 1 N–H and O–H groups in total. The van der Waals surface area contributed by atoms with Crippen LogP contribution in [-0.4, -0.2) is 47.2 Å². The molecule has 2 atom stereocenters. The van der Waals surface area contributed by atoms with E-state index in [1.165, 1.54) is 4.90 Å². The lowest BCUT2D eigenvalue weighted by molar-refractivity contribution is -0.153. The van der Waals surface area contributed by atoms with Crippen LogP contribution in [0.5, 0.6) is 0 Å². The Morgan fingerprint density at radius 3 is 2.71 bits per heavy atom. The topological polar surface area (TPSA) is 66.8 Å². The van der Waals surface area contributed by atoms with Crippen molar-refractivity contribution in [1.82, 2.24) is 4.90 Å². The highest BCUT2D eigenvalue weighted by molar-refractivity contribution is 5.84. The molecule has 2 rings (SSSR count). The van der Waals surface area contributed by atoms with Crippen LogP contribution in [0.15, 0.2) is 0 Å². The summed E-state index contributed by atoms with van der Waals surface area (Å²) in [6.45, 7) is 1.29. The molecule has 5 nitrogen and oxygen atoms in total. The number of hydrogen-bond acceptors (Lipinski definition) is 3. The van der Waals surface area contributed by atoms with E-state index in [-0.39, 0.29) is 12.0 Å². The van der Waals surface area contributed by atoms with E-state index >= 15 is 0 Å². The highest BCUT2D eigenvalue weighted by Gasteiger charge is 2.33. The SMILES string of the molecule is O=C(O)[C@H]1CCCCN1C(=O)CC1CCCO1. The van der Waals surface area contributed by atoms with Crippen molar-refractivity contribution in [2.75, 3.05) is 13.2 Å². The van der Waals surface area contributed by atoms with Gasteiger partial charge in [0.05, 0.1) is 12.5 Å². The summed E-state index contributed by atoms with van der Waals surface area (Å²) in [7, 11) is 0. The average molecular weight is 241 g/mol. The zero-order valence-corrected chi connectivity index (χ0v) is 9.93. The van der Waals surface area contributed by atoms with Crippen LogP contribution >= 0.6 is 0 Å². The molecule has 2 aliphatic heterocycles. The number of amides is 1. The average Bonchev–Trinajstić information content (AvgIpc) is 2.81. The molecule has 17 heavy (non-hydrogen) atoms. The van der Waals surface area contributed by atoms with Gasteiger partial charge in [0.1, 0.15) is 6.04 Å². The molecule has 0 aromatic heterocycles. The zero-order valence-electron chi connectivity index (χ0n) is 9.93. The minimum Gasteiger partial charge on any atom is -0.480 e. The molecule has 1 amide bonds. The van der Waals surface area contributed by atoms with Crippen molar-refractivity contribution in [1.29, 1.82) is 0 Å². The summed E-state index contributed by atoms with van der Waals surface area (Å²) < 4.78 is 5.42. The first-order valence-electron chi connectivity index (χ1n) is 6.32. The van der Waals surface area contributed by atoms with Gasteiger partial charge in [-0.2, -0.15) is 0 Å². The molecule has 5 heteroatoms. The molecule has 2 aliphatic rings. The van der Waals surface area contributed by atoms with Gasteiger partial charge in [-0.15, -0.1) is 0 Å². The first-order chi connectivity index (χ1) is 8.18. The van der Waals surface area contributed by atoms with Crippen LogP contribution in [0, 0.1) is 0 Å². The van der Waals surface area contributed by atoms with Gasteiger partial charge in [-0.3, -0.25) is 4.79 Å². The smallest absolute Gasteiger partial charge is 0.326 e. The summed E-state index contributed by atoms with van der Waals surface area (Å²) in [5.41, 5.74) is 0. The predicted molar refractivity (Wildman–Crippen MR) is 60.6 cm³/mol. The maximum Gasteiger partial charge on any atom is 0.326 e. The van der Waals surface area contributed by atoms with Crippen molar-refractivity contribution in [2.45, 2.75) is 50.7 Å². The van der Waals surface area contributed by atoms with Gasteiger partial charge in [-0.25, -0.2) is 4.79 Å². The number of carbonyl (C=O) groups is 2. The molecule has 0 bridgehead atoms. The Hall–Kier alpha value is -1.10. The Morgan fingerprint density at radius 1 is 1.24 bits per heavy atom. The number of piperidine rings is 1. The number of nitrogens with zero attached hydrogens (tertiary/aromatic N) is 1. The van der Waals surface area contributed by atoms with E-state index in [0.29, 0.717) is 19.4 Å². The van der Waals surface area contributed by atoms with Gasteiger partial charge >= 0.3 is 5.97 Å². The molecule has 0 aromatic carbocycles. The van der Waals surface area contributed by atoms with Crippen LogP contribution in [0.4, 0.5) is 0 Å². The molecular formula is C12H19NO4. The van der Waals surface area contributed by atoms with E-state index in [1.807, 2.05) is 0 Å². The van der Waals surface area contributed by atoms with Gasteiger partial charge in [0.25, 0.3) is 0 Å². The summed E-state index contributed by atoms with van der Waals surface area (Å²) in [5, 5.41) is 9.09. The number of carbonyl (C=O) groups excluding carboxylic acids is 1. The van der Waals surface area contributed by atoms with Crippen molar-refractivity contribution < 1.29 is 19.4 Å². The maximum absolute atomic E-state index is 12.1. The summed E-state index contributed by atoms with van der Waals surface area (Å²) in [5.74, 6) is -0.950. The lowest BCUT2D eigenvalue weighted by atomic mass is 10.0. The molecule has 2 heterocycles. The quantitative estimate of drug-likeness (QED) is 0.801. The number of carboxylic acid groups (broad SMARTS) is 1. The molecule has 96 valence electrons. The van der Waals surface area contributed by atoms with Gasteiger partial charge in [0, 0.05) is 13.2 Å². The van der Waals surface area contributed by atoms with Gasteiger partial charge in [-0.05, 0) is 32.1 Å². The van der Waals surface area contributed by atoms with Gasteiger partial charge in [0.2, 0.25) is 5.91 Å². The van der Waals surface area contributed by atoms with Gasteiger partial charge in [0.15, 0.2) is 0 Å². The van der Waals surface area contributed by atoms with E-state index in [2.05, 4.69) is 0 Å². The summed E-state index contributed by atoms with van der Waals surface area (Å²) in [6.07, 6.45) is 4.62. The lowest BCUT2D eigenvalue weighted by Crippen LogP contribution is -2.48. The highest BCUT2D eigenvalue weighted by atomic mass is 16.5. The van der Waals surface area contributed by atoms with Crippen LogP contribution in [0.2, 0.25) is 0 Å². The number of carboxylic acids is 1. The second-order valence-electron chi connectivity index (χ2n) is 4.78. The molecule has 1 unspecified atom stereocenters. The second-order valence-corrected chi connectivity index (χ2v) is 4.78. The van der Waals surface area contributed by atoms with E-state index < -0.39 is 12.0 Å². The summed E-state index contributed by atoms with van der Waals surface area (Å²) in [6, 6.07) is -0.627. The largest absolute Gasteiger partial charge is 0.480 e. The Kier molecular flexibility index (Phi) is 3.99. The van der Waals surface area contributed by atoms with Crippen LogP contribution in [0.25, 0.3) is 0 Å². The van der Waals surface area contributed by atoms with Crippen LogP contribution < -0.4 is 0 Å². The van der Waals surface area contributed by atoms with Crippen LogP contribution in [0.3, 0.4) is 0 Å². The van der Waals surface area contributed by atoms with Gasteiger partial charge < -0.3 is 14.7 Å². The summed E-state index contributed by atoms with van der Waals surface area (Å²) >= 11 is 0. The van der Waals surface area contributed by atoms with Crippen molar-refractivity contribution in [3.8, 4) is 0 Å². The van der Waals surface area contributed by atoms with Crippen LogP contribution in [-0.2, 0) is 14.3 Å². The van der Waals surface area contributed by atoms with Crippen molar-refractivity contribution in [3.05, 3.63) is 0 Å². The van der Waals surface area contributed by atoms with E-state index in [0.717, 1.165) is 32.3 Å². The molecule has 0 spiro atoms. The minimum atomic E-state index is -0.884. The Balaban J connectivity index is 1.93. The Bertz CT molecular complexity index is 299. The number of likely N-dealkylation sites (tertiary alicyclic amines) is 1. The zero-order chi connectivity index (χ0) is 12.3. The van der Waals surface area contributed by atoms with Crippen LogP contribution in [0.1, 0.15) is 38.5 Å². The first-order valence-corrected chi connectivity index (χ1v) is 6.32. The third-order valence-electron chi connectivity index (χ3n) is 3.53. The highest BCUT2D eigenvalue weighted by Crippen LogP contribution is 2.21. The van der Waals surface area contributed by atoms with E-state index in [9.17, 15) is 9.59 Å². The van der Waals surface area contributed by atoms with Crippen molar-refractivity contribution >= 4 is 11.9 Å². The lowest BCUT2D eigenvalue weighted by Gasteiger charge is -2.33.